The van der Waals surface area contributed by atoms with Crippen molar-refractivity contribution in [1.29, 1.82) is 0 Å². The molecule has 2 aliphatic heterocycles. The molecule has 4 rings (SSSR count). The second kappa shape index (κ2) is 8.84. The molecule has 0 unspecified atom stereocenters. The first-order valence-corrected chi connectivity index (χ1v) is 9.70. The third-order valence-corrected chi connectivity index (χ3v) is 4.82. The van der Waals surface area contributed by atoms with Crippen molar-refractivity contribution in [3.63, 3.8) is 0 Å². The third kappa shape index (κ3) is 5.26. The topological polar surface area (TPSA) is 81.2 Å². The first-order chi connectivity index (χ1) is 14.9. The Balaban J connectivity index is 1.49. The fraction of sp³-hybridized carbons (Fsp3) is 0.333. The van der Waals surface area contributed by atoms with Crippen LogP contribution in [0.3, 0.4) is 0 Å². The van der Waals surface area contributed by atoms with Gasteiger partial charge in [0, 0.05) is 17.9 Å². The number of amides is 1. The molecule has 1 atom stereocenters. The van der Waals surface area contributed by atoms with Crippen molar-refractivity contribution in [2.75, 3.05) is 25.3 Å². The van der Waals surface area contributed by atoms with Gasteiger partial charge >= 0.3 is 6.18 Å². The summed E-state index contributed by atoms with van der Waals surface area (Å²) in [5.74, 6) is 0.662. The van der Waals surface area contributed by atoms with Gasteiger partial charge in [-0.25, -0.2) is 4.99 Å². The molecule has 0 radical (unpaired) electrons. The summed E-state index contributed by atoms with van der Waals surface area (Å²) < 4.78 is 54.5. The van der Waals surface area contributed by atoms with Gasteiger partial charge in [0.15, 0.2) is 11.5 Å². The van der Waals surface area contributed by atoms with Crippen LogP contribution in [0.4, 0.5) is 18.9 Å². The van der Waals surface area contributed by atoms with Crippen LogP contribution in [-0.4, -0.2) is 37.9 Å². The Kier molecular flexibility index (Phi) is 5.99. The van der Waals surface area contributed by atoms with E-state index in [0.29, 0.717) is 35.9 Å². The fourth-order valence-corrected chi connectivity index (χ4v) is 3.19. The second-order valence-corrected chi connectivity index (χ2v) is 7.05. The van der Waals surface area contributed by atoms with E-state index in [1.807, 2.05) is 0 Å². The number of carbonyl (C=O) groups excluding carboxylic acids is 1. The number of benzene rings is 2. The molecule has 0 bridgehead atoms. The third-order valence-electron chi connectivity index (χ3n) is 4.82. The van der Waals surface area contributed by atoms with Gasteiger partial charge in [0.1, 0.15) is 0 Å². The standard InChI is InChI=1S/C21H20F3N3O4/c22-21(23,24)14-4-6-15(7-5-14)26-20(25-11-16-2-1-9-29-16)27-19(28)13-3-8-17-18(10-13)31-12-30-17/h3-8,10,16H,1-2,9,11-12H2,(H2,25,26,27,28)/t16-/m1/s1. The molecule has 2 aliphatic rings. The van der Waals surface area contributed by atoms with Gasteiger partial charge in [0.2, 0.25) is 12.8 Å². The van der Waals surface area contributed by atoms with Crippen molar-refractivity contribution in [2.45, 2.75) is 25.1 Å². The number of halogens is 3. The van der Waals surface area contributed by atoms with E-state index in [9.17, 15) is 18.0 Å². The Morgan fingerprint density at radius 3 is 2.58 bits per heavy atom. The minimum Gasteiger partial charge on any atom is -0.454 e. The number of nitrogens with one attached hydrogen (secondary N) is 2. The van der Waals surface area contributed by atoms with E-state index >= 15 is 0 Å². The van der Waals surface area contributed by atoms with Crippen molar-refractivity contribution in [3.8, 4) is 11.5 Å². The lowest BCUT2D eigenvalue weighted by atomic mass is 10.2. The summed E-state index contributed by atoms with van der Waals surface area (Å²) in [6, 6.07) is 9.23. The highest BCUT2D eigenvalue weighted by atomic mass is 19.4. The van der Waals surface area contributed by atoms with Crippen molar-refractivity contribution >= 4 is 17.6 Å². The lowest BCUT2D eigenvalue weighted by Gasteiger charge is -2.14. The zero-order chi connectivity index (χ0) is 21.8. The summed E-state index contributed by atoms with van der Waals surface area (Å²) >= 11 is 0. The molecule has 2 N–H and O–H groups in total. The highest BCUT2D eigenvalue weighted by Crippen LogP contribution is 2.32. The maximum Gasteiger partial charge on any atom is 0.416 e. The average molecular weight is 435 g/mol. The van der Waals surface area contributed by atoms with Gasteiger partial charge in [-0.15, -0.1) is 0 Å². The largest absolute Gasteiger partial charge is 0.454 e. The zero-order valence-electron chi connectivity index (χ0n) is 16.4. The molecule has 31 heavy (non-hydrogen) atoms. The molecule has 0 aromatic heterocycles. The van der Waals surface area contributed by atoms with Crippen molar-refractivity contribution in [2.24, 2.45) is 4.99 Å². The molecule has 1 amide bonds. The maximum atomic E-state index is 12.8. The number of guanidine groups is 1. The minimum atomic E-state index is -4.43. The number of rotatable bonds is 4. The van der Waals surface area contributed by atoms with E-state index in [1.165, 1.54) is 12.1 Å². The van der Waals surface area contributed by atoms with Crippen LogP contribution in [0.5, 0.6) is 11.5 Å². The predicted octanol–water partition coefficient (Wildman–Crippen LogP) is 3.81. The molecule has 0 saturated carbocycles. The number of carbonyl (C=O) groups is 1. The minimum absolute atomic E-state index is 0.0631. The molecule has 164 valence electrons. The molecule has 7 nitrogen and oxygen atoms in total. The van der Waals surface area contributed by atoms with Crippen LogP contribution in [0, 0.1) is 0 Å². The predicted molar refractivity (Wildman–Crippen MR) is 106 cm³/mol. The number of ether oxygens (including phenoxy) is 3. The SMILES string of the molecule is O=C(NC(=NC[C@H]1CCCO1)Nc1ccc(C(F)(F)F)cc1)c1ccc2c(c1)OCO2. The highest BCUT2D eigenvalue weighted by molar-refractivity contribution is 6.10. The molecule has 2 aromatic carbocycles. The van der Waals surface area contributed by atoms with Crippen LogP contribution in [0.2, 0.25) is 0 Å². The van der Waals surface area contributed by atoms with Crippen LogP contribution in [0.25, 0.3) is 0 Å². The first kappa shape index (κ1) is 21.0. The summed E-state index contributed by atoms with van der Waals surface area (Å²) in [4.78, 5) is 17.1. The van der Waals surface area contributed by atoms with Crippen LogP contribution in [-0.2, 0) is 10.9 Å². The number of anilines is 1. The molecule has 2 aromatic rings. The number of nitrogens with zero attached hydrogens (tertiary/aromatic N) is 1. The van der Waals surface area contributed by atoms with Gasteiger partial charge < -0.3 is 19.5 Å². The van der Waals surface area contributed by atoms with Crippen molar-refractivity contribution in [1.82, 2.24) is 5.32 Å². The number of aliphatic imine (C=N–C) groups is 1. The van der Waals surface area contributed by atoms with Gasteiger partial charge in [0.25, 0.3) is 5.91 Å². The molecule has 1 fully saturated rings. The lowest BCUT2D eigenvalue weighted by molar-refractivity contribution is -0.137. The van der Waals surface area contributed by atoms with Gasteiger partial charge in [-0.2, -0.15) is 13.2 Å². The van der Waals surface area contributed by atoms with Crippen molar-refractivity contribution in [3.05, 3.63) is 53.6 Å². The molecule has 2 heterocycles. The number of fused-ring (bicyclic) bond motifs is 1. The Bertz CT molecular complexity index is 971. The number of alkyl halides is 3. The van der Waals surface area contributed by atoms with Crippen LogP contribution < -0.4 is 20.1 Å². The molecular formula is C21H20F3N3O4. The Hall–Kier alpha value is -3.27. The van der Waals surface area contributed by atoms with E-state index in [2.05, 4.69) is 15.6 Å². The quantitative estimate of drug-likeness (QED) is 0.564. The Morgan fingerprint density at radius 2 is 1.87 bits per heavy atom. The normalized spacial score (nSPS) is 18.2. The average Bonchev–Trinajstić information content (AvgIpc) is 3.43. The summed E-state index contributed by atoms with van der Waals surface area (Å²) in [5, 5.41) is 5.54. The number of hydrogen-bond donors (Lipinski definition) is 2. The summed E-state index contributed by atoms with van der Waals surface area (Å²) in [5.41, 5.74) is -0.0892. The smallest absolute Gasteiger partial charge is 0.416 e. The number of hydrogen-bond acceptors (Lipinski definition) is 5. The fourth-order valence-electron chi connectivity index (χ4n) is 3.19. The maximum absolute atomic E-state index is 12.8. The lowest BCUT2D eigenvalue weighted by Crippen LogP contribution is -2.36. The van der Waals surface area contributed by atoms with E-state index in [-0.39, 0.29) is 18.9 Å². The van der Waals surface area contributed by atoms with E-state index in [1.54, 1.807) is 18.2 Å². The van der Waals surface area contributed by atoms with Gasteiger partial charge in [-0.1, -0.05) is 0 Å². The van der Waals surface area contributed by atoms with E-state index in [0.717, 1.165) is 25.0 Å². The Morgan fingerprint density at radius 1 is 1.10 bits per heavy atom. The van der Waals surface area contributed by atoms with E-state index < -0.39 is 17.6 Å². The molecule has 10 heteroatoms. The van der Waals surface area contributed by atoms with Gasteiger partial charge in [-0.05, 0) is 55.3 Å². The highest BCUT2D eigenvalue weighted by Gasteiger charge is 2.30. The summed E-state index contributed by atoms with van der Waals surface area (Å²) in [7, 11) is 0. The summed E-state index contributed by atoms with van der Waals surface area (Å²) in [6.07, 6.45) is -2.70. The molecule has 0 spiro atoms. The first-order valence-electron chi connectivity index (χ1n) is 9.70. The van der Waals surface area contributed by atoms with Gasteiger partial charge in [-0.3, -0.25) is 10.1 Å². The monoisotopic (exact) mass is 435 g/mol. The molecular weight excluding hydrogens is 415 g/mol. The zero-order valence-corrected chi connectivity index (χ0v) is 16.4. The van der Waals surface area contributed by atoms with Crippen molar-refractivity contribution < 1.29 is 32.2 Å². The van der Waals surface area contributed by atoms with Gasteiger partial charge in [0.05, 0.1) is 18.2 Å². The molecule has 1 saturated heterocycles. The van der Waals surface area contributed by atoms with Crippen LogP contribution in [0.15, 0.2) is 47.5 Å². The second-order valence-electron chi connectivity index (χ2n) is 7.05. The van der Waals surface area contributed by atoms with Crippen LogP contribution >= 0.6 is 0 Å². The van der Waals surface area contributed by atoms with Crippen LogP contribution in [0.1, 0.15) is 28.8 Å². The molecule has 0 aliphatic carbocycles. The Labute approximate surface area is 176 Å². The van der Waals surface area contributed by atoms with E-state index in [4.69, 9.17) is 14.2 Å². The summed E-state index contributed by atoms with van der Waals surface area (Å²) in [6.45, 7) is 1.06.